The van der Waals surface area contributed by atoms with E-state index in [1.807, 2.05) is 6.07 Å². The van der Waals surface area contributed by atoms with Crippen LogP contribution >= 0.6 is 0 Å². The Hall–Kier alpha value is -3.15. The summed E-state index contributed by atoms with van der Waals surface area (Å²) in [7, 11) is 1.53. The van der Waals surface area contributed by atoms with Crippen molar-refractivity contribution in [2.75, 3.05) is 12.4 Å². The molecular weight excluding hydrogens is 297 g/mol. The number of benzene rings is 2. The second-order valence-corrected chi connectivity index (χ2v) is 4.84. The lowest BCUT2D eigenvalue weighted by molar-refractivity contribution is 0.102. The van der Waals surface area contributed by atoms with Gasteiger partial charge in [0, 0.05) is 11.1 Å². The highest BCUT2D eigenvalue weighted by Gasteiger charge is 2.11. The van der Waals surface area contributed by atoms with Gasteiger partial charge in [-0.05, 0) is 36.4 Å². The fraction of sp³-hybridized carbons (Fsp3) is 0.0588. The molecular formula is C17H14FN3O2. The maximum Gasteiger partial charge on any atom is 0.255 e. The second kappa shape index (κ2) is 6.31. The van der Waals surface area contributed by atoms with Crippen molar-refractivity contribution in [3.8, 4) is 17.0 Å². The van der Waals surface area contributed by atoms with E-state index in [2.05, 4.69) is 15.3 Å². The first-order chi connectivity index (χ1) is 11.2. The van der Waals surface area contributed by atoms with Crippen LogP contribution in [0.5, 0.6) is 5.75 Å². The Balaban J connectivity index is 1.85. The zero-order chi connectivity index (χ0) is 16.2. The van der Waals surface area contributed by atoms with Crippen molar-refractivity contribution in [1.82, 2.24) is 9.97 Å². The quantitative estimate of drug-likeness (QED) is 0.775. The van der Waals surface area contributed by atoms with Crippen LogP contribution in [0.4, 0.5) is 10.1 Å². The SMILES string of the molecule is COc1cc(-c2cnc[nH]2)ccc1NC(=O)c1ccc(F)cc1. The molecule has 0 bridgehead atoms. The minimum atomic E-state index is -0.386. The molecule has 23 heavy (non-hydrogen) atoms. The largest absolute Gasteiger partial charge is 0.495 e. The molecule has 5 nitrogen and oxygen atoms in total. The first-order valence-electron chi connectivity index (χ1n) is 6.91. The van der Waals surface area contributed by atoms with Crippen LogP contribution in [0.3, 0.4) is 0 Å². The van der Waals surface area contributed by atoms with E-state index in [0.29, 0.717) is 17.0 Å². The summed E-state index contributed by atoms with van der Waals surface area (Å²) >= 11 is 0. The van der Waals surface area contributed by atoms with Crippen molar-refractivity contribution in [2.45, 2.75) is 0 Å². The van der Waals surface area contributed by atoms with Gasteiger partial charge in [0.05, 0.1) is 31.0 Å². The van der Waals surface area contributed by atoms with Gasteiger partial charge in [-0.3, -0.25) is 4.79 Å². The first kappa shape index (κ1) is 14.8. The lowest BCUT2D eigenvalue weighted by Gasteiger charge is -2.11. The zero-order valence-corrected chi connectivity index (χ0v) is 12.3. The molecule has 116 valence electrons. The van der Waals surface area contributed by atoms with E-state index in [4.69, 9.17) is 4.74 Å². The molecule has 0 aliphatic heterocycles. The molecule has 2 aromatic carbocycles. The predicted molar refractivity (Wildman–Crippen MR) is 84.9 cm³/mol. The lowest BCUT2D eigenvalue weighted by Crippen LogP contribution is -2.12. The fourth-order valence-corrected chi connectivity index (χ4v) is 2.17. The van der Waals surface area contributed by atoms with Gasteiger partial charge in [0.15, 0.2) is 0 Å². The molecule has 0 atom stereocenters. The summed E-state index contributed by atoms with van der Waals surface area (Å²) < 4.78 is 18.2. The second-order valence-electron chi connectivity index (χ2n) is 4.84. The molecule has 0 fully saturated rings. The number of ether oxygens (including phenoxy) is 1. The van der Waals surface area contributed by atoms with E-state index >= 15 is 0 Å². The standard InChI is InChI=1S/C17H14FN3O2/c1-23-16-8-12(15-9-19-10-20-15)4-7-14(16)21-17(22)11-2-5-13(18)6-3-11/h2-10H,1H3,(H,19,20)(H,21,22). The van der Waals surface area contributed by atoms with Crippen molar-refractivity contribution in [2.24, 2.45) is 0 Å². The molecule has 2 N–H and O–H groups in total. The van der Waals surface area contributed by atoms with E-state index in [0.717, 1.165) is 11.3 Å². The Morgan fingerprint density at radius 2 is 2.00 bits per heavy atom. The normalized spacial score (nSPS) is 10.3. The smallest absolute Gasteiger partial charge is 0.255 e. The maximum absolute atomic E-state index is 12.9. The number of rotatable bonds is 4. The molecule has 0 saturated carbocycles. The molecule has 3 aromatic rings. The first-order valence-corrected chi connectivity index (χ1v) is 6.91. The van der Waals surface area contributed by atoms with Crippen molar-refractivity contribution >= 4 is 11.6 Å². The summed E-state index contributed by atoms with van der Waals surface area (Å²) in [5, 5.41) is 2.76. The Kier molecular flexibility index (Phi) is 4.05. The zero-order valence-electron chi connectivity index (χ0n) is 12.3. The van der Waals surface area contributed by atoms with E-state index < -0.39 is 0 Å². The van der Waals surface area contributed by atoms with Crippen molar-refractivity contribution in [3.05, 3.63) is 66.4 Å². The number of nitrogens with one attached hydrogen (secondary N) is 2. The average molecular weight is 311 g/mol. The minimum Gasteiger partial charge on any atom is -0.495 e. The highest BCUT2D eigenvalue weighted by Crippen LogP contribution is 2.30. The van der Waals surface area contributed by atoms with Gasteiger partial charge < -0.3 is 15.0 Å². The number of H-pyrrole nitrogens is 1. The molecule has 1 amide bonds. The number of aromatic amines is 1. The van der Waals surface area contributed by atoms with Gasteiger partial charge in [0.1, 0.15) is 11.6 Å². The minimum absolute atomic E-state index is 0.336. The summed E-state index contributed by atoms with van der Waals surface area (Å²) in [6.07, 6.45) is 3.29. The van der Waals surface area contributed by atoms with E-state index in [1.165, 1.54) is 31.4 Å². The fourth-order valence-electron chi connectivity index (χ4n) is 2.17. The topological polar surface area (TPSA) is 67.0 Å². The van der Waals surface area contributed by atoms with Crippen LogP contribution in [0, 0.1) is 5.82 Å². The van der Waals surface area contributed by atoms with Crippen molar-refractivity contribution in [1.29, 1.82) is 0 Å². The molecule has 0 radical (unpaired) electrons. The Labute approximate surface area is 132 Å². The number of aromatic nitrogens is 2. The average Bonchev–Trinajstić information content (AvgIpc) is 3.10. The van der Waals surface area contributed by atoms with Crippen molar-refractivity contribution in [3.63, 3.8) is 0 Å². The van der Waals surface area contributed by atoms with Gasteiger partial charge in [-0.15, -0.1) is 0 Å². The van der Waals surface area contributed by atoms with E-state index in [1.54, 1.807) is 24.7 Å². The molecule has 0 aliphatic rings. The number of anilines is 1. The van der Waals surface area contributed by atoms with Crippen LogP contribution in [0.25, 0.3) is 11.3 Å². The van der Waals surface area contributed by atoms with Crippen LogP contribution in [0.2, 0.25) is 0 Å². The summed E-state index contributed by atoms with van der Waals surface area (Å²) in [4.78, 5) is 19.2. The number of hydrogen-bond donors (Lipinski definition) is 2. The number of carbonyl (C=O) groups excluding carboxylic acids is 1. The Morgan fingerprint density at radius 3 is 2.65 bits per heavy atom. The third-order valence-electron chi connectivity index (χ3n) is 3.37. The number of imidazole rings is 1. The monoisotopic (exact) mass is 311 g/mol. The summed E-state index contributed by atoms with van der Waals surface area (Å²) in [5.41, 5.74) is 2.63. The number of methoxy groups -OCH3 is 1. The molecule has 6 heteroatoms. The number of amides is 1. The molecule has 0 spiro atoms. The Morgan fingerprint density at radius 1 is 1.22 bits per heavy atom. The van der Waals surface area contributed by atoms with Crippen LogP contribution in [0.15, 0.2) is 55.0 Å². The highest BCUT2D eigenvalue weighted by atomic mass is 19.1. The number of halogens is 1. The Bertz CT molecular complexity index is 814. The molecule has 1 heterocycles. The summed E-state index contributed by atoms with van der Waals surface area (Å²) in [6, 6.07) is 10.7. The number of carbonyl (C=O) groups is 1. The predicted octanol–water partition coefficient (Wildman–Crippen LogP) is 3.48. The molecule has 0 aliphatic carbocycles. The van der Waals surface area contributed by atoms with E-state index in [9.17, 15) is 9.18 Å². The van der Waals surface area contributed by atoms with Crippen LogP contribution < -0.4 is 10.1 Å². The van der Waals surface area contributed by atoms with Gasteiger partial charge in [-0.1, -0.05) is 6.07 Å². The van der Waals surface area contributed by atoms with Gasteiger partial charge in [0.25, 0.3) is 5.91 Å². The maximum atomic E-state index is 12.9. The highest BCUT2D eigenvalue weighted by molar-refractivity contribution is 6.05. The number of hydrogen-bond acceptors (Lipinski definition) is 3. The summed E-state index contributed by atoms with van der Waals surface area (Å²) in [6.45, 7) is 0. The van der Waals surface area contributed by atoms with Crippen LogP contribution in [-0.2, 0) is 0 Å². The van der Waals surface area contributed by atoms with Gasteiger partial charge in [0.2, 0.25) is 0 Å². The lowest BCUT2D eigenvalue weighted by atomic mass is 10.1. The van der Waals surface area contributed by atoms with Crippen LogP contribution in [0.1, 0.15) is 10.4 Å². The van der Waals surface area contributed by atoms with Crippen molar-refractivity contribution < 1.29 is 13.9 Å². The summed E-state index contributed by atoms with van der Waals surface area (Å²) in [5.74, 6) is -0.201. The van der Waals surface area contributed by atoms with Gasteiger partial charge >= 0.3 is 0 Å². The number of nitrogens with zero attached hydrogens (tertiary/aromatic N) is 1. The third kappa shape index (κ3) is 3.21. The van der Waals surface area contributed by atoms with Crippen LogP contribution in [-0.4, -0.2) is 23.0 Å². The van der Waals surface area contributed by atoms with Gasteiger partial charge in [-0.2, -0.15) is 0 Å². The molecule has 0 saturated heterocycles. The molecule has 1 aromatic heterocycles. The van der Waals surface area contributed by atoms with E-state index in [-0.39, 0.29) is 11.7 Å². The molecule has 0 unspecified atom stereocenters. The molecule has 3 rings (SSSR count). The van der Waals surface area contributed by atoms with Gasteiger partial charge in [-0.25, -0.2) is 9.37 Å². The third-order valence-corrected chi connectivity index (χ3v) is 3.37.